The Morgan fingerprint density at radius 1 is 0.923 bits per heavy atom. The highest BCUT2D eigenvalue weighted by Gasteiger charge is 2.26. The number of rotatable bonds is 3. The van der Waals surface area contributed by atoms with Crippen molar-refractivity contribution < 1.29 is 9.47 Å². The maximum Gasteiger partial charge on any atom is 0.205 e. The number of hydrogen-bond acceptors (Lipinski definition) is 4. The van der Waals surface area contributed by atoms with Crippen LogP contribution < -0.4 is 9.47 Å². The normalized spacial score (nSPS) is 17.0. The van der Waals surface area contributed by atoms with Crippen LogP contribution in [0.1, 0.15) is 23.7 Å². The zero-order valence-electron chi connectivity index (χ0n) is 14.0. The van der Waals surface area contributed by atoms with Gasteiger partial charge in [-0.15, -0.1) is 0 Å². The van der Waals surface area contributed by atoms with E-state index in [1.54, 1.807) is 0 Å². The van der Waals surface area contributed by atoms with E-state index >= 15 is 0 Å². The molecule has 0 aliphatic carbocycles. The number of aliphatic imine (C=N–C) groups is 1. The molecule has 1 aliphatic rings. The maximum atomic E-state index is 9.10. The minimum Gasteiger partial charge on any atom is -0.485 e. The van der Waals surface area contributed by atoms with Gasteiger partial charge in [-0.25, -0.2) is 0 Å². The van der Waals surface area contributed by atoms with E-state index in [1.165, 1.54) is 0 Å². The summed E-state index contributed by atoms with van der Waals surface area (Å²) in [6.45, 7) is 0. The molecule has 3 aromatic rings. The summed E-state index contributed by atoms with van der Waals surface area (Å²) in [7, 11) is 0. The van der Waals surface area contributed by atoms with Gasteiger partial charge in [0.1, 0.15) is 23.4 Å². The third-order valence-corrected chi connectivity index (χ3v) is 4.25. The number of nitriles is 1. The minimum atomic E-state index is -0.156. The summed E-state index contributed by atoms with van der Waals surface area (Å²) in [5.74, 6) is 2.15. The SMILES string of the molecule is N#C/N=C1/CC(c2ccccc2)Oc2ccc(Oc3ccccc3)cc21. The Labute approximate surface area is 152 Å². The van der Waals surface area contributed by atoms with Gasteiger partial charge < -0.3 is 9.47 Å². The van der Waals surface area contributed by atoms with E-state index in [9.17, 15) is 0 Å². The number of hydrogen-bond donors (Lipinski definition) is 0. The van der Waals surface area contributed by atoms with Crippen molar-refractivity contribution in [2.45, 2.75) is 12.5 Å². The summed E-state index contributed by atoms with van der Waals surface area (Å²) in [5, 5.41) is 9.10. The lowest BCUT2D eigenvalue weighted by molar-refractivity contribution is 0.206. The molecule has 0 fully saturated rings. The molecule has 1 unspecified atom stereocenters. The lowest BCUT2D eigenvalue weighted by atomic mass is 9.95. The first-order valence-electron chi connectivity index (χ1n) is 8.38. The summed E-state index contributed by atoms with van der Waals surface area (Å²) >= 11 is 0. The van der Waals surface area contributed by atoms with Crippen LogP contribution in [0.2, 0.25) is 0 Å². The van der Waals surface area contributed by atoms with Gasteiger partial charge in [-0.2, -0.15) is 10.3 Å². The van der Waals surface area contributed by atoms with Crippen LogP contribution in [0.15, 0.2) is 83.9 Å². The Kier molecular flexibility index (Phi) is 4.36. The first-order chi connectivity index (χ1) is 12.8. The molecule has 3 aromatic carbocycles. The van der Waals surface area contributed by atoms with Crippen molar-refractivity contribution >= 4 is 5.71 Å². The number of fused-ring (bicyclic) bond motifs is 1. The van der Waals surface area contributed by atoms with Crippen molar-refractivity contribution in [2.24, 2.45) is 4.99 Å². The Bertz CT molecular complexity index is 976. The van der Waals surface area contributed by atoms with Crippen LogP contribution in [0, 0.1) is 11.5 Å². The zero-order chi connectivity index (χ0) is 17.8. The van der Waals surface area contributed by atoms with Gasteiger partial charge in [0.05, 0.1) is 5.71 Å². The fourth-order valence-corrected chi connectivity index (χ4v) is 3.03. The van der Waals surface area contributed by atoms with Gasteiger partial charge in [-0.3, -0.25) is 0 Å². The molecule has 4 rings (SSSR count). The van der Waals surface area contributed by atoms with Crippen molar-refractivity contribution in [3.05, 3.63) is 90.0 Å². The maximum absolute atomic E-state index is 9.10. The van der Waals surface area contributed by atoms with Crippen LogP contribution in [-0.2, 0) is 0 Å². The molecule has 0 radical (unpaired) electrons. The molecular weight excluding hydrogens is 324 g/mol. The molecule has 1 heterocycles. The predicted molar refractivity (Wildman–Crippen MR) is 99.5 cm³/mol. The van der Waals surface area contributed by atoms with Crippen molar-refractivity contribution in [2.75, 3.05) is 0 Å². The first-order valence-corrected chi connectivity index (χ1v) is 8.38. The molecule has 0 saturated carbocycles. The van der Waals surface area contributed by atoms with E-state index in [-0.39, 0.29) is 6.10 Å². The lowest BCUT2D eigenvalue weighted by Gasteiger charge is -2.27. The Balaban J connectivity index is 1.67. The van der Waals surface area contributed by atoms with E-state index in [2.05, 4.69) is 4.99 Å². The Morgan fingerprint density at radius 3 is 2.38 bits per heavy atom. The smallest absolute Gasteiger partial charge is 0.205 e. The third-order valence-electron chi connectivity index (χ3n) is 4.25. The van der Waals surface area contributed by atoms with Gasteiger partial charge in [-0.1, -0.05) is 48.5 Å². The molecule has 1 aliphatic heterocycles. The number of nitrogens with zero attached hydrogens (tertiary/aromatic N) is 2. The van der Waals surface area contributed by atoms with E-state index in [0.717, 1.165) is 16.9 Å². The van der Waals surface area contributed by atoms with E-state index in [4.69, 9.17) is 14.7 Å². The zero-order valence-corrected chi connectivity index (χ0v) is 14.0. The highest BCUT2D eigenvalue weighted by molar-refractivity contribution is 6.05. The molecular formula is C22H16N2O2. The van der Waals surface area contributed by atoms with Gasteiger partial charge in [-0.05, 0) is 35.9 Å². The van der Waals surface area contributed by atoms with Crippen LogP contribution in [0.4, 0.5) is 0 Å². The first kappa shape index (κ1) is 15.9. The third kappa shape index (κ3) is 3.28. The fourth-order valence-electron chi connectivity index (χ4n) is 3.03. The highest BCUT2D eigenvalue weighted by atomic mass is 16.5. The average molecular weight is 340 g/mol. The quantitative estimate of drug-likeness (QED) is 0.610. The molecule has 1 atom stereocenters. The Hall–Kier alpha value is -3.58. The van der Waals surface area contributed by atoms with Crippen LogP contribution in [0.3, 0.4) is 0 Å². The second kappa shape index (κ2) is 7.12. The standard InChI is InChI=1S/C22H16N2O2/c23-15-24-20-14-22(16-7-3-1-4-8-16)26-21-12-11-18(13-19(20)21)25-17-9-5-2-6-10-17/h1-13,22H,14H2/b24-20-. The van der Waals surface area contributed by atoms with Gasteiger partial charge in [0.2, 0.25) is 6.19 Å². The average Bonchev–Trinajstić information content (AvgIpc) is 2.70. The van der Waals surface area contributed by atoms with Gasteiger partial charge in [0, 0.05) is 12.0 Å². The van der Waals surface area contributed by atoms with Crippen LogP contribution in [-0.4, -0.2) is 5.71 Å². The second-order valence-electron chi connectivity index (χ2n) is 5.95. The molecule has 0 saturated heterocycles. The van der Waals surface area contributed by atoms with Crippen molar-refractivity contribution in [3.63, 3.8) is 0 Å². The number of benzene rings is 3. The monoisotopic (exact) mass is 340 g/mol. The molecule has 0 spiro atoms. The van der Waals surface area contributed by atoms with Crippen LogP contribution >= 0.6 is 0 Å². The van der Waals surface area contributed by atoms with E-state index < -0.39 is 0 Å². The van der Waals surface area contributed by atoms with Crippen molar-refractivity contribution in [1.82, 2.24) is 0 Å². The largest absolute Gasteiger partial charge is 0.485 e. The molecule has 0 bridgehead atoms. The molecule has 0 aromatic heterocycles. The topological polar surface area (TPSA) is 54.6 Å². The lowest BCUT2D eigenvalue weighted by Crippen LogP contribution is -2.21. The molecule has 126 valence electrons. The number of para-hydroxylation sites is 1. The second-order valence-corrected chi connectivity index (χ2v) is 5.95. The van der Waals surface area contributed by atoms with Gasteiger partial charge in [0.15, 0.2) is 0 Å². The van der Waals surface area contributed by atoms with Crippen LogP contribution in [0.25, 0.3) is 0 Å². The van der Waals surface area contributed by atoms with Crippen molar-refractivity contribution in [3.8, 4) is 23.4 Å². The van der Waals surface area contributed by atoms with Gasteiger partial charge in [0.25, 0.3) is 0 Å². The Morgan fingerprint density at radius 2 is 1.65 bits per heavy atom. The molecule has 4 nitrogen and oxygen atoms in total. The number of ether oxygens (including phenoxy) is 2. The summed E-state index contributed by atoms with van der Waals surface area (Å²) in [6.07, 6.45) is 2.30. The fraction of sp³-hybridized carbons (Fsp3) is 0.0909. The highest BCUT2D eigenvalue weighted by Crippen LogP contribution is 2.37. The summed E-state index contributed by atoms with van der Waals surface area (Å²) < 4.78 is 12.0. The summed E-state index contributed by atoms with van der Waals surface area (Å²) in [5.41, 5.74) is 2.57. The van der Waals surface area contributed by atoms with Crippen LogP contribution in [0.5, 0.6) is 17.2 Å². The predicted octanol–water partition coefficient (Wildman–Crippen LogP) is 5.27. The molecule has 26 heavy (non-hydrogen) atoms. The van der Waals surface area contributed by atoms with Gasteiger partial charge >= 0.3 is 0 Å². The molecule has 0 N–H and O–H groups in total. The minimum absolute atomic E-state index is 0.156. The molecule has 0 amide bonds. The summed E-state index contributed by atoms with van der Waals surface area (Å²) in [6, 6.07) is 25.1. The van der Waals surface area contributed by atoms with E-state index in [0.29, 0.717) is 23.6 Å². The van der Waals surface area contributed by atoms with E-state index in [1.807, 2.05) is 85.1 Å². The summed E-state index contributed by atoms with van der Waals surface area (Å²) in [4.78, 5) is 4.04. The molecule has 4 heteroatoms. The van der Waals surface area contributed by atoms with Crippen molar-refractivity contribution in [1.29, 1.82) is 5.26 Å².